The third-order valence-electron chi connectivity index (χ3n) is 3.78. The van der Waals surface area contributed by atoms with Crippen molar-refractivity contribution in [3.05, 3.63) is 90.0 Å². The van der Waals surface area contributed by atoms with E-state index >= 15 is 0 Å². The summed E-state index contributed by atoms with van der Waals surface area (Å²) in [5.74, 6) is 0.544. The lowest BCUT2D eigenvalue weighted by Gasteiger charge is -2.19. The molecule has 0 saturated heterocycles. The highest BCUT2D eigenvalue weighted by atomic mass is 16.5. The van der Waals surface area contributed by atoms with Crippen molar-refractivity contribution < 1.29 is 9.84 Å². The summed E-state index contributed by atoms with van der Waals surface area (Å²) in [4.78, 5) is 0. The molecule has 0 radical (unpaired) electrons. The van der Waals surface area contributed by atoms with Crippen LogP contribution >= 0.6 is 0 Å². The van der Waals surface area contributed by atoms with Gasteiger partial charge < -0.3 is 9.84 Å². The molecule has 1 N–H and O–H groups in total. The Morgan fingerprint density at radius 1 is 0.960 bits per heavy atom. The molecular formula is C21H20N2O2. The first-order chi connectivity index (χ1) is 12.3. The average molecular weight is 332 g/mol. The quantitative estimate of drug-likeness (QED) is 0.536. The van der Waals surface area contributed by atoms with E-state index in [4.69, 9.17) is 4.74 Å². The Morgan fingerprint density at radius 2 is 1.64 bits per heavy atom. The molecule has 0 aromatic heterocycles. The monoisotopic (exact) mass is 332 g/mol. The lowest BCUT2D eigenvalue weighted by Crippen LogP contribution is -2.15. The van der Waals surface area contributed by atoms with Gasteiger partial charge in [0.1, 0.15) is 0 Å². The van der Waals surface area contributed by atoms with Crippen LogP contribution in [0.2, 0.25) is 0 Å². The number of hydrogen-bond donors (Lipinski definition) is 1. The van der Waals surface area contributed by atoms with E-state index in [-0.39, 0.29) is 5.75 Å². The average Bonchev–Trinajstić information content (AvgIpc) is 2.67. The van der Waals surface area contributed by atoms with Crippen molar-refractivity contribution in [1.29, 1.82) is 0 Å². The van der Waals surface area contributed by atoms with Gasteiger partial charge in [0.05, 0.1) is 25.6 Å². The maximum atomic E-state index is 9.91. The van der Waals surface area contributed by atoms with Crippen molar-refractivity contribution in [1.82, 2.24) is 0 Å². The van der Waals surface area contributed by atoms with Crippen molar-refractivity contribution in [3.8, 4) is 11.5 Å². The fraction of sp³-hybridized carbons (Fsp3) is 0.0952. The van der Waals surface area contributed by atoms with Gasteiger partial charge in [-0.25, -0.2) is 0 Å². The highest BCUT2D eigenvalue weighted by molar-refractivity contribution is 5.81. The highest BCUT2D eigenvalue weighted by Gasteiger charge is 2.06. The molecular weight excluding hydrogens is 312 g/mol. The number of phenols is 1. The maximum absolute atomic E-state index is 9.91. The lowest BCUT2D eigenvalue weighted by atomic mass is 10.2. The van der Waals surface area contributed by atoms with Gasteiger partial charge in [-0.2, -0.15) is 5.10 Å². The van der Waals surface area contributed by atoms with Gasteiger partial charge in [0.2, 0.25) is 0 Å². The van der Waals surface area contributed by atoms with Gasteiger partial charge in [-0.1, -0.05) is 48.5 Å². The Hall–Kier alpha value is -3.27. The molecule has 3 aromatic carbocycles. The third kappa shape index (κ3) is 4.38. The highest BCUT2D eigenvalue weighted by Crippen LogP contribution is 2.25. The molecule has 0 heterocycles. The summed E-state index contributed by atoms with van der Waals surface area (Å²) in [5, 5.41) is 16.4. The minimum atomic E-state index is 0.0979. The van der Waals surface area contributed by atoms with Gasteiger partial charge in [0.25, 0.3) is 0 Å². The number of hydrazone groups is 1. The Labute approximate surface area is 147 Å². The van der Waals surface area contributed by atoms with Crippen LogP contribution in [-0.4, -0.2) is 18.4 Å². The van der Waals surface area contributed by atoms with Crippen LogP contribution in [0.5, 0.6) is 11.5 Å². The predicted octanol–water partition coefficient (Wildman–Crippen LogP) is 4.44. The first-order valence-corrected chi connectivity index (χ1v) is 8.04. The summed E-state index contributed by atoms with van der Waals surface area (Å²) < 4.78 is 5.07. The number of para-hydroxylation sites is 1. The first kappa shape index (κ1) is 16.6. The summed E-state index contributed by atoms with van der Waals surface area (Å²) in [7, 11) is 1.53. The topological polar surface area (TPSA) is 45.1 Å². The van der Waals surface area contributed by atoms with E-state index < -0.39 is 0 Å². The third-order valence-corrected chi connectivity index (χ3v) is 3.78. The SMILES string of the molecule is COc1ccc(C=NN(Cc2ccccc2)c2ccccc2)cc1O. The molecule has 25 heavy (non-hydrogen) atoms. The summed E-state index contributed by atoms with van der Waals surface area (Å²) in [6, 6.07) is 25.4. The van der Waals surface area contributed by atoms with E-state index in [1.165, 1.54) is 12.7 Å². The summed E-state index contributed by atoms with van der Waals surface area (Å²) in [5.41, 5.74) is 2.97. The molecule has 0 aliphatic carbocycles. The molecule has 4 heteroatoms. The fourth-order valence-electron chi connectivity index (χ4n) is 2.48. The van der Waals surface area contributed by atoms with E-state index in [1.807, 2.05) is 59.6 Å². The summed E-state index contributed by atoms with van der Waals surface area (Å²) in [6.07, 6.45) is 1.73. The van der Waals surface area contributed by atoms with Gasteiger partial charge in [0, 0.05) is 0 Å². The van der Waals surface area contributed by atoms with Gasteiger partial charge in [-0.15, -0.1) is 0 Å². The van der Waals surface area contributed by atoms with E-state index in [9.17, 15) is 5.11 Å². The maximum Gasteiger partial charge on any atom is 0.160 e. The zero-order chi connectivity index (χ0) is 17.5. The van der Waals surface area contributed by atoms with Crippen molar-refractivity contribution >= 4 is 11.9 Å². The van der Waals surface area contributed by atoms with Crippen LogP contribution in [0.25, 0.3) is 0 Å². The van der Waals surface area contributed by atoms with Crippen LogP contribution in [0.1, 0.15) is 11.1 Å². The molecule has 0 aliphatic heterocycles. The van der Waals surface area contributed by atoms with Crippen molar-refractivity contribution in [2.24, 2.45) is 5.10 Å². The Balaban J connectivity index is 1.85. The fourth-order valence-corrected chi connectivity index (χ4v) is 2.48. The van der Waals surface area contributed by atoms with Gasteiger partial charge >= 0.3 is 0 Å². The van der Waals surface area contributed by atoms with Crippen molar-refractivity contribution in [3.63, 3.8) is 0 Å². The molecule has 0 bridgehead atoms. The molecule has 126 valence electrons. The van der Waals surface area contributed by atoms with Gasteiger partial charge in [-0.05, 0) is 41.5 Å². The Bertz CT molecular complexity index is 833. The van der Waals surface area contributed by atoms with Crippen LogP contribution in [0.3, 0.4) is 0 Å². The second kappa shape index (κ2) is 8.02. The van der Waals surface area contributed by atoms with E-state index in [2.05, 4.69) is 17.2 Å². The standard InChI is InChI=1S/C21H20N2O2/c1-25-21-13-12-18(14-20(21)24)15-22-23(19-10-6-3-7-11-19)16-17-8-4-2-5-9-17/h2-15,24H,16H2,1H3. The molecule has 0 saturated carbocycles. The van der Waals surface area contributed by atoms with Crippen molar-refractivity contribution in [2.45, 2.75) is 6.54 Å². The molecule has 0 unspecified atom stereocenters. The molecule has 3 aromatic rings. The van der Waals surface area contributed by atoms with Crippen LogP contribution in [-0.2, 0) is 6.54 Å². The molecule has 3 rings (SSSR count). The number of ether oxygens (including phenoxy) is 1. The number of methoxy groups -OCH3 is 1. The lowest BCUT2D eigenvalue weighted by molar-refractivity contribution is 0.373. The Kier molecular flexibility index (Phi) is 5.32. The summed E-state index contributed by atoms with van der Waals surface area (Å²) >= 11 is 0. The number of benzene rings is 3. The number of rotatable bonds is 6. The minimum absolute atomic E-state index is 0.0979. The number of hydrogen-bond acceptors (Lipinski definition) is 4. The number of aromatic hydroxyl groups is 1. The number of phenolic OH excluding ortho intramolecular Hbond substituents is 1. The zero-order valence-corrected chi connectivity index (χ0v) is 14.0. The van der Waals surface area contributed by atoms with E-state index in [1.54, 1.807) is 18.3 Å². The van der Waals surface area contributed by atoms with Gasteiger partial charge in [-0.3, -0.25) is 5.01 Å². The second-order valence-electron chi connectivity index (χ2n) is 5.55. The second-order valence-corrected chi connectivity index (χ2v) is 5.55. The van der Waals surface area contributed by atoms with E-state index in [0.29, 0.717) is 12.3 Å². The van der Waals surface area contributed by atoms with Crippen LogP contribution < -0.4 is 9.75 Å². The molecule has 0 aliphatic rings. The van der Waals surface area contributed by atoms with E-state index in [0.717, 1.165) is 11.3 Å². The zero-order valence-electron chi connectivity index (χ0n) is 14.0. The number of anilines is 1. The Morgan fingerprint density at radius 3 is 2.28 bits per heavy atom. The minimum Gasteiger partial charge on any atom is -0.504 e. The molecule has 0 amide bonds. The van der Waals surface area contributed by atoms with Gasteiger partial charge in [0.15, 0.2) is 11.5 Å². The molecule has 4 nitrogen and oxygen atoms in total. The largest absolute Gasteiger partial charge is 0.504 e. The normalized spacial score (nSPS) is 10.8. The van der Waals surface area contributed by atoms with Crippen LogP contribution in [0, 0.1) is 0 Å². The van der Waals surface area contributed by atoms with Crippen LogP contribution in [0.4, 0.5) is 5.69 Å². The predicted molar refractivity (Wildman–Crippen MR) is 101 cm³/mol. The van der Waals surface area contributed by atoms with Crippen LogP contribution in [0.15, 0.2) is 84.0 Å². The number of nitrogens with zero attached hydrogens (tertiary/aromatic N) is 2. The summed E-state index contributed by atoms with van der Waals surface area (Å²) in [6.45, 7) is 0.656. The molecule has 0 spiro atoms. The smallest absolute Gasteiger partial charge is 0.160 e. The molecule has 0 fully saturated rings. The molecule has 0 atom stereocenters. The first-order valence-electron chi connectivity index (χ1n) is 8.04. The van der Waals surface area contributed by atoms with Crippen molar-refractivity contribution in [2.75, 3.05) is 12.1 Å².